The summed E-state index contributed by atoms with van der Waals surface area (Å²) in [6, 6.07) is 12.9. The van der Waals surface area contributed by atoms with Gasteiger partial charge in [0, 0.05) is 93.8 Å². The van der Waals surface area contributed by atoms with Crippen molar-refractivity contribution in [2.24, 2.45) is 11.8 Å². The number of hydrogen-bond donors (Lipinski definition) is 0. The van der Waals surface area contributed by atoms with Crippen molar-refractivity contribution in [1.82, 2.24) is 24.6 Å². The average molecular weight is 594 g/mol. The van der Waals surface area contributed by atoms with Crippen LogP contribution < -0.4 is 0 Å². The summed E-state index contributed by atoms with van der Waals surface area (Å²) >= 11 is 6.21. The molecule has 5 rings (SSSR count). The molecule has 7 heteroatoms. The zero-order valence-corrected chi connectivity index (χ0v) is 27.1. The van der Waals surface area contributed by atoms with Gasteiger partial charge in [0.25, 0.3) is 0 Å². The molecule has 3 aliphatic rings. The second-order valence-electron chi connectivity index (χ2n) is 13.8. The Labute approximate surface area is 259 Å². The van der Waals surface area contributed by atoms with E-state index in [1.165, 1.54) is 43.2 Å². The van der Waals surface area contributed by atoms with Crippen molar-refractivity contribution in [3.8, 4) is 0 Å². The number of likely N-dealkylation sites (tertiary alicyclic amines) is 1. The van der Waals surface area contributed by atoms with E-state index in [1.807, 2.05) is 24.5 Å². The van der Waals surface area contributed by atoms with Crippen LogP contribution in [0.25, 0.3) is 0 Å². The molecule has 1 aliphatic carbocycles. The smallest absolute Gasteiger partial charge is 0.227 e. The number of pyridine rings is 1. The number of amides is 1. The Balaban J connectivity index is 1.28. The monoisotopic (exact) mass is 593 g/mol. The second kappa shape index (κ2) is 14.2. The van der Waals surface area contributed by atoms with Crippen LogP contribution in [0.1, 0.15) is 76.8 Å². The van der Waals surface area contributed by atoms with E-state index in [0.29, 0.717) is 17.9 Å². The topological polar surface area (TPSA) is 42.9 Å². The van der Waals surface area contributed by atoms with Gasteiger partial charge in [-0.25, -0.2) is 0 Å². The van der Waals surface area contributed by atoms with E-state index >= 15 is 0 Å². The fourth-order valence-corrected chi connectivity index (χ4v) is 7.96. The van der Waals surface area contributed by atoms with Gasteiger partial charge >= 0.3 is 0 Å². The minimum atomic E-state index is 0.00524. The summed E-state index contributed by atoms with van der Waals surface area (Å²) in [4.78, 5) is 28.5. The fraction of sp³-hybridized carbons (Fsp3) is 0.657. The SMILES string of the molecule is CC(C)CN(Cc1ccncc1)CC1(N2CCN(C(=O)[C@H]3CN(C(C)C)C[C@@H]3c3ccc(Cl)cc3)CC2)CCCCC1. The van der Waals surface area contributed by atoms with Crippen molar-refractivity contribution in [2.75, 3.05) is 52.4 Å². The van der Waals surface area contributed by atoms with E-state index in [9.17, 15) is 4.79 Å². The molecule has 3 heterocycles. The van der Waals surface area contributed by atoms with E-state index in [0.717, 1.165) is 63.9 Å². The highest BCUT2D eigenvalue weighted by molar-refractivity contribution is 6.30. The lowest BCUT2D eigenvalue weighted by atomic mass is 9.79. The Morgan fingerprint density at radius 1 is 0.952 bits per heavy atom. The summed E-state index contributed by atoms with van der Waals surface area (Å²) in [6.07, 6.45) is 10.3. The third kappa shape index (κ3) is 7.56. The largest absolute Gasteiger partial charge is 0.340 e. The minimum absolute atomic E-state index is 0.00524. The maximum Gasteiger partial charge on any atom is 0.227 e. The second-order valence-corrected chi connectivity index (χ2v) is 14.3. The van der Waals surface area contributed by atoms with Gasteiger partial charge in [-0.05, 0) is 68.0 Å². The van der Waals surface area contributed by atoms with Crippen LogP contribution in [-0.2, 0) is 11.3 Å². The molecule has 0 spiro atoms. The highest BCUT2D eigenvalue weighted by Crippen LogP contribution is 2.38. The van der Waals surface area contributed by atoms with Gasteiger partial charge in [0.15, 0.2) is 0 Å². The molecule has 2 saturated heterocycles. The molecule has 6 nitrogen and oxygen atoms in total. The molecule has 0 radical (unpaired) electrons. The molecule has 0 bridgehead atoms. The van der Waals surface area contributed by atoms with Gasteiger partial charge in [0.2, 0.25) is 5.91 Å². The van der Waals surface area contributed by atoms with Crippen LogP contribution in [0.2, 0.25) is 5.02 Å². The van der Waals surface area contributed by atoms with E-state index in [-0.39, 0.29) is 17.4 Å². The van der Waals surface area contributed by atoms with Gasteiger partial charge in [0.05, 0.1) is 5.92 Å². The Kier molecular flexibility index (Phi) is 10.6. The predicted octanol–water partition coefficient (Wildman–Crippen LogP) is 6.16. The van der Waals surface area contributed by atoms with Crippen molar-refractivity contribution in [3.05, 3.63) is 64.9 Å². The first-order valence-electron chi connectivity index (χ1n) is 16.4. The third-order valence-corrected chi connectivity index (χ3v) is 10.3. The number of carbonyl (C=O) groups excluding carboxylic acids is 1. The normalized spacial score (nSPS) is 23.8. The fourth-order valence-electron chi connectivity index (χ4n) is 7.84. The molecular formula is C35H52ClN5O. The van der Waals surface area contributed by atoms with Gasteiger partial charge in [-0.3, -0.25) is 24.5 Å². The zero-order valence-electron chi connectivity index (χ0n) is 26.3. The van der Waals surface area contributed by atoms with Crippen LogP contribution in [0.5, 0.6) is 0 Å². The van der Waals surface area contributed by atoms with Gasteiger partial charge in [-0.15, -0.1) is 0 Å². The molecule has 0 unspecified atom stereocenters. The van der Waals surface area contributed by atoms with E-state index in [2.05, 4.69) is 76.5 Å². The molecule has 42 heavy (non-hydrogen) atoms. The lowest BCUT2D eigenvalue weighted by molar-refractivity contribution is -0.139. The summed E-state index contributed by atoms with van der Waals surface area (Å²) in [6.45, 7) is 17.7. The molecule has 3 fully saturated rings. The lowest BCUT2D eigenvalue weighted by Crippen LogP contribution is -2.63. The van der Waals surface area contributed by atoms with Crippen molar-refractivity contribution < 1.29 is 4.79 Å². The van der Waals surface area contributed by atoms with Crippen molar-refractivity contribution in [3.63, 3.8) is 0 Å². The zero-order chi connectivity index (χ0) is 29.7. The number of piperazine rings is 1. The van der Waals surface area contributed by atoms with Crippen molar-refractivity contribution in [1.29, 1.82) is 0 Å². The molecule has 0 N–H and O–H groups in total. The van der Waals surface area contributed by atoms with Gasteiger partial charge < -0.3 is 4.90 Å². The van der Waals surface area contributed by atoms with E-state index in [1.54, 1.807) is 0 Å². The molecule has 230 valence electrons. The van der Waals surface area contributed by atoms with Crippen LogP contribution >= 0.6 is 11.6 Å². The molecule has 1 saturated carbocycles. The molecule has 2 aliphatic heterocycles. The first-order valence-corrected chi connectivity index (χ1v) is 16.8. The maximum absolute atomic E-state index is 14.1. The van der Waals surface area contributed by atoms with Gasteiger partial charge in [-0.1, -0.05) is 56.8 Å². The van der Waals surface area contributed by atoms with Crippen molar-refractivity contribution in [2.45, 2.75) is 83.8 Å². The Hall–Kier alpha value is -1.99. The van der Waals surface area contributed by atoms with Crippen LogP contribution in [0.3, 0.4) is 0 Å². The van der Waals surface area contributed by atoms with Crippen LogP contribution in [0.4, 0.5) is 0 Å². The summed E-state index contributed by atoms with van der Waals surface area (Å²) in [5, 5.41) is 0.751. The molecule has 1 aromatic carbocycles. The molecule has 2 atom stereocenters. The van der Waals surface area contributed by atoms with Crippen LogP contribution in [0, 0.1) is 11.8 Å². The summed E-state index contributed by atoms with van der Waals surface area (Å²) in [5.41, 5.74) is 2.78. The van der Waals surface area contributed by atoms with Crippen molar-refractivity contribution >= 4 is 17.5 Å². The average Bonchev–Trinajstić information content (AvgIpc) is 3.44. The number of hydrogen-bond acceptors (Lipinski definition) is 5. The number of nitrogens with zero attached hydrogens (tertiary/aromatic N) is 5. The summed E-state index contributed by atoms with van der Waals surface area (Å²) in [5.74, 6) is 1.19. The number of halogens is 1. The predicted molar refractivity (Wildman–Crippen MR) is 173 cm³/mol. The molecule has 1 aromatic heterocycles. The highest BCUT2D eigenvalue weighted by atomic mass is 35.5. The van der Waals surface area contributed by atoms with E-state index < -0.39 is 0 Å². The minimum Gasteiger partial charge on any atom is -0.340 e. The summed E-state index contributed by atoms with van der Waals surface area (Å²) < 4.78 is 0. The number of aromatic nitrogens is 1. The Morgan fingerprint density at radius 2 is 1.62 bits per heavy atom. The third-order valence-electron chi connectivity index (χ3n) is 10.0. The van der Waals surface area contributed by atoms with Crippen LogP contribution in [0.15, 0.2) is 48.8 Å². The molecule has 1 amide bonds. The van der Waals surface area contributed by atoms with Gasteiger partial charge in [0.1, 0.15) is 0 Å². The Bertz CT molecular complexity index is 1130. The summed E-state index contributed by atoms with van der Waals surface area (Å²) in [7, 11) is 0. The first-order chi connectivity index (χ1) is 20.2. The number of rotatable bonds is 10. The first kappa shape index (κ1) is 31.4. The molecule has 2 aromatic rings. The van der Waals surface area contributed by atoms with E-state index in [4.69, 9.17) is 11.6 Å². The lowest BCUT2D eigenvalue weighted by Gasteiger charge is -2.52. The quantitative estimate of drug-likeness (QED) is 0.330. The highest BCUT2D eigenvalue weighted by Gasteiger charge is 2.44. The number of carbonyl (C=O) groups is 1. The maximum atomic E-state index is 14.1. The van der Waals surface area contributed by atoms with Gasteiger partial charge in [-0.2, -0.15) is 0 Å². The Morgan fingerprint density at radius 3 is 2.24 bits per heavy atom. The molecular weight excluding hydrogens is 542 g/mol. The standard InChI is InChI=1S/C35H52ClN5O/c1-27(2)22-38(23-29-12-16-37-17-13-29)26-35(14-6-5-7-15-35)41-20-18-39(19-21-41)34(42)33-25-40(28(3)4)24-32(33)30-8-10-31(36)11-9-30/h8-13,16-17,27-28,32-33H,5-7,14-15,18-26H2,1-4H3/t32-,33+/m1/s1. The number of benzene rings is 1. The van der Waals surface area contributed by atoms with Crippen LogP contribution in [-0.4, -0.2) is 94.4 Å².